The van der Waals surface area contributed by atoms with Crippen molar-refractivity contribution in [3.05, 3.63) is 47.6 Å². The fourth-order valence-corrected chi connectivity index (χ4v) is 3.94. The monoisotopic (exact) mass is 470 g/mol. The first-order valence-electron chi connectivity index (χ1n) is 12.0. The number of phenols is 1. The molecule has 1 saturated heterocycles. The lowest BCUT2D eigenvalue weighted by molar-refractivity contribution is -0.137. The van der Waals surface area contributed by atoms with E-state index in [9.17, 15) is 14.7 Å². The van der Waals surface area contributed by atoms with E-state index in [0.717, 1.165) is 45.2 Å². The lowest BCUT2D eigenvalue weighted by Gasteiger charge is -2.26. The molecule has 2 aliphatic heterocycles. The standard InChI is InChI=1S/C26H34N2O6/c1-2-32-22-17-20-16-21(27-34-19-24(30)28-13-9-7-10-14-28)12-8-5-3-4-6-11-15-33-26(31)25(20)23(29)18-22/h4,6,8,12,17-18,29H,2-3,5,7,9-11,13-16,19H2,1H3/b6-4+,12-8+,27-21-. The lowest BCUT2D eigenvalue weighted by Crippen LogP contribution is -2.37. The van der Waals surface area contributed by atoms with Crippen molar-refractivity contribution in [3.63, 3.8) is 0 Å². The molecule has 3 rings (SSSR count). The Morgan fingerprint density at radius 1 is 1.12 bits per heavy atom. The average molecular weight is 471 g/mol. The van der Waals surface area contributed by atoms with Crippen LogP contribution in [0.5, 0.6) is 11.5 Å². The van der Waals surface area contributed by atoms with Crippen LogP contribution in [0, 0.1) is 0 Å². The van der Waals surface area contributed by atoms with Crippen LogP contribution in [0.25, 0.3) is 0 Å². The van der Waals surface area contributed by atoms with E-state index in [4.69, 9.17) is 14.3 Å². The van der Waals surface area contributed by atoms with Gasteiger partial charge in [0.1, 0.15) is 17.1 Å². The zero-order chi connectivity index (χ0) is 24.2. The van der Waals surface area contributed by atoms with Gasteiger partial charge in [-0.15, -0.1) is 0 Å². The zero-order valence-electron chi connectivity index (χ0n) is 19.8. The van der Waals surface area contributed by atoms with Gasteiger partial charge < -0.3 is 24.3 Å². The summed E-state index contributed by atoms with van der Waals surface area (Å²) in [6, 6.07) is 3.11. The van der Waals surface area contributed by atoms with Gasteiger partial charge in [-0.05, 0) is 63.2 Å². The summed E-state index contributed by atoms with van der Waals surface area (Å²) < 4.78 is 10.9. The van der Waals surface area contributed by atoms with E-state index in [-0.39, 0.29) is 36.9 Å². The van der Waals surface area contributed by atoms with E-state index < -0.39 is 5.97 Å². The number of oxime groups is 1. The number of piperidine rings is 1. The Bertz CT molecular complexity index is 931. The molecule has 0 atom stereocenters. The number of ether oxygens (including phenoxy) is 2. The summed E-state index contributed by atoms with van der Waals surface area (Å²) in [6.07, 6.45) is 13.4. The molecule has 2 aliphatic rings. The summed E-state index contributed by atoms with van der Waals surface area (Å²) in [4.78, 5) is 32.4. The van der Waals surface area contributed by atoms with Crippen LogP contribution in [0.3, 0.4) is 0 Å². The van der Waals surface area contributed by atoms with Crippen molar-refractivity contribution >= 4 is 17.6 Å². The van der Waals surface area contributed by atoms with E-state index in [0.29, 0.717) is 30.1 Å². The molecule has 1 aromatic carbocycles. The summed E-state index contributed by atoms with van der Waals surface area (Å²) in [7, 11) is 0. The predicted octanol–water partition coefficient (Wildman–Crippen LogP) is 4.17. The normalized spacial score (nSPS) is 20.6. The Balaban J connectivity index is 1.84. The SMILES string of the molecule is CCOc1cc(O)c2c(c1)CC(=N\OCC(=O)N1CCCCC1)/C=C/CC/C=C/CCOC2=O. The number of carbonyl (C=O) groups excluding carboxylic acids is 2. The molecule has 34 heavy (non-hydrogen) atoms. The highest BCUT2D eigenvalue weighted by molar-refractivity contribution is 6.00. The highest BCUT2D eigenvalue weighted by Crippen LogP contribution is 2.30. The first kappa shape index (κ1) is 25.3. The van der Waals surface area contributed by atoms with Crippen LogP contribution in [0.2, 0.25) is 0 Å². The van der Waals surface area contributed by atoms with Gasteiger partial charge in [0.2, 0.25) is 0 Å². The third-order valence-electron chi connectivity index (χ3n) is 5.63. The third kappa shape index (κ3) is 7.64. The van der Waals surface area contributed by atoms with E-state index in [1.54, 1.807) is 11.0 Å². The molecular weight excluding hydrogens is 436 g/mol. The summed E-state index contributed by atoms with van der Waals surface area (Å²) >= 11 is 0. The Kier molecular flexibility index (Phi) is 10.0. The van der Waals surface area contributed by atoms with Gasteiger partial charge in [-0.25, -0.2) is 4.79 Å². The Labute approximate surface area is 200 Å². The lowest BCUT2D eigenvalue weighted by atomic mass is 9.99. The van der Waals surface area contributed by atoms with Gasteiger partial charge in [-0.2, -0.15) is 0 Å². The number of hydrogen-bond acceptors (Lipinski definition) is 7. The number of rotatable bonds is 5. The minimum atomic E-state index is -0.606. The van der Waals surface area contributed by atoms with E-state index in [1.165, 1.54) is 6.07 Å². The number of hydrogen-bond donors (Lipinski definition) is 1. The summed E-state index contributed by atoms with van der Waals surface area (Å²) in [5, 5.41) is 14.8. The molecule has 0 unspecified atom stereocenters. The fourth-order valence-electron chi connectivity index (χ4n) is 3.94. The number of aromatic hydroxyl groups is 1. The van der Waals surface area contributed by atoms with Gasteiger partial charge in [0, 0.05) is 25.6 Å². The first-order chi connectivity index (χ1) is 16.6. The summed E-state index contributed by atoms with van der Waals surface area (Å²) in [6.45, 7) is 3.84. The number of benzene rings is 1. The number of fused-ring (bicyclic) bond motifs is 1. The van der Waals surface area contributed by atoms with Crippen LogP contribution in [0.15, 0.2) is 41.6 Å². The first-order valence-corrected chi connectivity index (χ1v) is 12.0. The molecule has 0 radical (unpaired) electrons. The van der Waals surface area contributed by atoms with Crippen molar-refractivity contribution in [2.75, 3.05) is 32.9 Å². The maximum atomic E-state index is 12.8. The van der Waals surface area contributed by atoms with Crippen LogP contribution in [0.1, 0.15) is 61.4 Å². The molecule has 1 N–H and O–H groups in total. The van der Waals surface area contributed by atoms with Crippen LogP contribution in [-0.2, 0) is 20.8 Å². The molecule has 184 valence electrons. The van der Waals surface area contributed by atoms with Crippen molar-refractivity contribution < 1.29 is 29.0 Å². The van der Waals surface area contributed by atoms with E-state index in [2.05, 4.69) is 5.16 Å². The second-order valence-electron chi connectivity index (χ2n) is 8.26. The number of nitrogens with zero attached hydrogens (tertiary/aromatic N) is 2. The second kappa shape index (κ2) is 13.4. The minimum absolute atomic E-state index is 0.0787. The van der Waals surface area contributed by atoms with Crippen molar-refractivity contribution in [2.24, 2.45) is 5.16 Å². The number of allylic oxidation sites excluding steroid dienone is 3. The maximum absolute atomic E-state index is 12.8. The molecule has 8 nitrogen and oxygen atoms in total. The van der Waals surface area contributed by atoms with Crippen molar-refractivity contribution in [2.45, 2.75) is 51.9 Å². The average Bonchev–Trinajstić information content (AvgIpc) is 2.82. The van der Waals surface area contributed by atoms with Crippen LogP contribution >= 0.6 is 0 Å². The van der Waals surface area contributed by atoms with Crippen molar-refractivity contribution in [1.82, 2.24) is 4.90 Å². The molecular formula is C26H34N2O6. The Hall–Kier alpha value is -3.29. The molecule has 0 saturated carbocycles. The number of cyclic esters (lactones) is 1. The molecule has 0 spiro atoms. The highest BCUT2D eigenvalue weighted by Gasteiger charge is 2.21. The van der Waals surface area contributed by atoms with Crippen LogP contribution < -0.4 is 4.74 Å². The molecule has 1 amide bonds. The Morgan fingerprint density at radius 2 is 1.88 bits per heavy atom. The zero-order valence-corrected chi connectivity index (χ0v) is 19.8. The van der Waals surface area contributed by atoms with Gasteiger partial charge in [0.25, 0.3) is 5.91 Å². The van der Waals surface area contributed by atoms with Crippen molar-refractivity contribution in [1.29, 1.82) is 0 Å². The largest absolute Gasteiger partial charge is 0.507 e. The smallest absolute Gasteiger partial charge is 0.342 e. The molecule has 8 heteroatoms. The molecule has 2 heterocycles. The summed E-state index contributed by atoms with van der Waals surface area (Å²) in [5.41, 5.74) is 1.11. The second-order valence-corrected chi connectivity index (χ2v) is 8.26. The fraction of sp³-hybridized carbons (Fsp3) is 0.500. The maximum Gasteiger partial charge on any atom is 0.342 e. The third-order valence-corrected chi connectivity index (χ3v) is 5.63. The minimum Gasteiger partial charge on any atom is -0.507 e. The summed E-state index contributed by atoms with van der Waals surface area (Å²) in [5.74, 6) is -0.455. The van der Waals surface area contributed by atoms with Gasteiger partial charge >= 0.3 is 5.97 Å². The molecule has 0 aromatic heterocycles. The Morgan fingerprint density at radius 3 is 2.68 bits per heavy atom. The van der Waals surface area contributed by atoms with Gasteiger partial charge in [-0.1, -0.05) is 23.4 Å². The van der Waals surface area contributed by atoms with Crippen molar-refractivity contribution in [3.8, 4) is 11.5 Å². The number of esters is 1. The number of phenolic OH excluding ortho intramolecular Hbond substituents is 1. The molecule has 1 aromatic rings. The van der Waals surface area contributed by atoms with E-state index >= 15 is 0 Å². The van der Waals surface area contributed by atoms with Crippen LogP contribution in [0.4, 0.5) is 0 Å². The number of carbonyl (C=O) groups is 2. The van der Waals surface area contributed by atoms with E-state index in [1.807, 2.05) is 31.2 Å². The molecule has 0 bridgehead atoms. The quantitative estimate of drug-likeness (QED) is 0.394. The molecule has 1 fully saturated rings. The van der Waals surface area contributed by atoms with Gasteiger partial charge in [-0.3, -0.25) is 4.79 Å². The number of amides is 1. The number of likely N-dealkylation sites (tertiary alicyclic amines) is 1. The van der Waals surface area contributed by atoms with Crippen LogP contribution in [-0.4, -0.2) is 60.5 Å². The van der Waals surface area contributed by atoms with Gasteiger partial charge in [0.15, 0.2) is 6.61 Å². The topological polar surface area (TPSA) is 97.7 Å². The molecule has 0 aliphatic carbocycles. The highest BCUT2D eigenvalue weighted by atomic mass is 16.6. The van der Waals surface area contributed by atoms with Gasteiger partial charge in [0.05, 0.1) is 18.9 Å². The predicted molar refractivity (Wildman–Crippen MR) is 129 cm³/mol.